The monoisotopic (exact) mass is 302 g/mol. The summed E-state index contributed by atoms with van der Waals surface area (Å²) in [5, 5.41) is 0. The molecule has 0 spiro atoms. The Hall–Kier alpha value is -1.44. The van der Waals surface area contributed by atoms with Crippen LogP contribution in [0, 0.1) is 17.8 Å². The van der Waals surface area contributed by atoms with E-state index in [-0.39, 0.29) is 11.8 Å². The van der Waals surface area contributed by atoms with Crippen molar-refractivity contribution in [2.75, 3.05) is 0 Å². The highest BCUT2D eigenvalue weighted by Crippen LogP contribution is 2.34. The van der Waals surface area contributed by atoms with E-state index in [1.165, 1.54) is 11.1 Å². The van der Waals surface area contributed by atoms with E-state index in [9.17, 15) is 9.59 Å². The zero-order valence-corrected chi connectivity index (χ0v) is 14.5. The van der Waals surface area contributed by atoms with Gasteiger partial charge >= 0.3 is 0 Å². The summed E-state index contributed by atoms with van der Waals surface area (Å²) in [5.41, 5.74) is 3.36. The lowest BCUT2D eigenvalue weighted by molar-refractivity contribution is -0.114. The summed E-state index contributed by atoms with van der Waals surface area (Å²) >= 11 is 0. The molecule has 0 saturated carbocycles. The maximum atomic E-state index is 11.7. The van der Waals surface area contributed by atoms with Crippen LogP contribution in [0.2, 0.25) is 0 Å². The van der Waals surface area contributed by atoms with Crippen LogP contribution < -0.4 is 0 Å². The molecule has 0 fully saturated rings. The standard InChI is InChI=1S/C20H30O2/c1-15(2)7-5-9-17(4)19-12-11-16(3)8-6-10-18(13-21)20(19)14-22/h7-8,10,13-14,17,19-20H,5-6,9,11-12H2,1-4H3/b16-8+,18-10-. The Morgan fingerprint density at radius 3 is 2.64 bits per heavy atom. The largest absolute Gasteiger partial charge is 0.303 e. The van der Waals surface area contributed by atoms with E-state index < -0.39 is 0 Å². The second-order valence-electron chi connectivity index (χ2n) is 6.81. The van der Waals surface area contributed by atoms with Gasteiger partial charge in [0.25, 0.3) is 0 Å². The van der Waals surface area contributed by atoms with Crippen molar-refractivity contribution >= 4 is 12.6 Å². The average Bonchev–Trinajstić information content (AvgIpc) is 2.55. The first-order valence-corrected chi connectivity index (χ1v) is 8.39. The molecular weight excluding hydrogens is 272 g/mol. The van der Waals surface area contributed by atoms with Gasteiger partial charge in [0.15, 0.2) is 0 Å². The van der Waals surface area contributed by atoms with Gasteiger partial charge in [-0.3, -0.25) is 4.79 Å². The van der Waals surface area contributed by atoms with Crippen LogP contribution in [0.25, 0.3) is 0 Å². The Bertz CT molecular complexity index is 464. The van der Waals surface area contributed by atoms with E-state index in [2.05, 4.69) is 39.8 Å². The zero-order valence-electron chi connectivity index (χ0n) is 14.5. The van der Waals surface area contributed by atoms with Gasteiger partial charge in [-0.1, -0.05) is 36.3 Å². The van der Waals surface area contributed by atoms with Crippen molar-refractivity contribution < 1.29 is 9.59 Å². The van der Waals surface area contributed by atoms with Crippen LogP contribution in [0.3, 0.4) is 0 Å². The predicted molar refractivity (Wildman–Crippen MR) is 92.6 cm³/mol. The maximum absolute atomic E-state index is 11.7. The smallest absolute Gasteiger partial charge is 0.146 e. The molecule has 0 aliphatic heterocycles. The van der Waals surface area contributed by atoms with Gasteiger partial charge in [-0.15, -0.1) is 0 Å². The predicted octanol–water partition coefficient (Wildman–Crippen LogP) is 5.06. The lowest BCUT2D eigenvalue weighted by Gasteiger charge is -2.29. The number of carbonyl (C=O) groups excluding carboxylic acids is 2. The number of allylic oxidation sites excluding steroid dienone is 6. The molecule has 1 aliphatic rings. The van der Waals surface area contributed by atoms with Crippen molar-refractivity contribution in [3.05, 3.63) is 34.9 Å². The molecule has 0 radical (unpaired) electrons. The molecule has 0 saturated heterocycles. The zero-order chi connectivity index (χ0) is 16.5. The normalized spacial score (nSPS) is 28.7. The molecule has 0 aromatic rings. The van der Waals surface area contributed by atoms with Crippen LogP contribution in [-0.4, -0.2) is 12.6 Å². The molecule has 1 rings (SSSR count). The Labute approximate surface area is 135 Å². The van der Waals surface area contributed by atoms with Gasteiger partial charge in [-0.2, -0.15) is 0 Å². The highest BCUT2D eigenvalue weighted by Gasteiger charge is 2.29. The lowest BCUT2D eigenvalue weighted by atomic mass is 9.75. The number of rotatable bonds is 6. The third-order valence-electron chi connectivity index (χ3n) is 4.73. The summed E-state index contributed by atoms with van der Waals surface area (Å²) in [6, 6.07) is 0. The van der Waals surface area contributed by atoms with Crippen LogP contribution in [0.15, 0.2) is 34.9 Å². The minimum absolute atomic E-state index is 0.251. The third-order valence-corrected chi connectivity index (χ3v) is 4.73. The number of carbonyl (C=O) groups is 2. The fourth-order valence-corrected chi connectivity index (χ4v) is 3.25. The van der Waals surface area contributed by atoms with E-state index in [0.29, 0.717) is 11.5 Å². The van der Waals surface area contributed by atoms with Crippen LogP contribution in [-0.2, 0) is 9.59 Å². The third kappa shape index (κ3) is 5.75. The first-order chi connectivity index (χ1) is 10.5. The number of aldehydes is 2. The summed E-state index contributed by atoms with van der Waals surface area (Å²) in [7, 11) is 0. The van der Waals surface area contributed by atoms with Crippen molar-refractivity contribution in [3.8, 4) is 0 Å². The van der Waals surface area contributed by atoms with Crippen molar-refractivity contribution in [1.29, 1.82) is 0 Å². The van der Waals surface area contributed by atoms with Crippen LogP contribution >= 0.6 is 0 Å². The molecule has 22 heavy (non-hydrogen) atoms. The van der Waals surface area contributed by atoms with Gasteiger partial charge in [0.1, 0.15) is 12.6 Å². The fourth-order valence-electron chi connectivity index (χ4n) is 3.25. The van der Waals surface area contributed by atoms with Crippen LogP contribution in [0.5, 0.6) is 0 Å². The SMILES string of the molecule is CC(C)=CCCC(C)C1CC/C(C)=C/C/C=C(/C=O)C1C=O. The van der Waals surface area contributed by atoms with E-state index in [1.54, 1.807) is 0 Å². The molecule has 3 unspecified atom stereocenters. The summed E-state index contributed by atoms with van der Waals surface area (Å²) in [6.45, 7) is 8.58. The van der Waals surface area contributed by atoms with Crippen molar-refractivity contribution in [2.45, 2.75) is 59.8 Å². The van der Waals surface area contributed by atoms with Crippen molar-refractivity contribution in [2.24, 2.45) is 17.8 Å². The second kappa shape index (κ2) is 9.55. The summed E-state index contributed by atoms with van der Waals surface area (Å²) in [5.74, 6) is 0.430. The molecule has 2 heteroatoms. The van der Waals surface area contributed by atoms with Gasteiger partial charge in [0.05, 0.1) is 0 Å². The van der Waals surface area contributed by atoms with Crippen LogP contribution in [0.4, 0.5) is 0 Å². The Kier molecular flexibility index (Phi) is 8.08. The van der Waals surface area contributed by atoms with Gasteiger partial charge in [-0.05, 0) is 70.3 Å². The van der Waals surface area contributed by atoms with Gasteiger partial charge in [0.2, 0.25) is 0 Å². The minimum Gasteiger partial charge on any atom is -0.303 e. The number of hydrogen-bond donors (Lipinski definition) is 0. The van der Waals surface area contributed by atoms with E-state index in [4.69, 9.17) is 0 Å². The highest BCUT2D eigenvalue weighted by molar-refractivity contribution is 5.81. The first-order valence-electron chi connectivity index (χ1n) is 8.39. The molecule has 1 aliphatic carbocycles. The van der Waals surface area contributed by atoms with Crippen molar-refractivity contribution in [1.82, 2.24) is 0 Å². The molecule has 2 nitrogen and oxygen atoms in total. The van der Waals surface area contributed by atoms with Gasteiger partial charge in [0, 0.05) is 5.92 Å². The van der Waals surface area contributed by atoms with Crippen molar-refractivity contribution in [3.63, 3.8) is 0 Å². The Morgan fingerprint density at radius 2 is 2.05 bits per heavy atom. The van der Waals surface area contributed by atoms with E-state index >= 15 is 0 Å². The topological polar surface area (TPSA) is 34.1 Å². The second-order valence-corrected chi connectivity index (χ2v) is 6.81. The fraction of sp³-hybridized carbons (Fsp3) is 0.600. The molecule has 0 aromatic heterocycles. The van der Waals surface area contributed by atoms with Gasteiger partial charge in [-0.25, -0.2) is 0 Å². The van der Waals surface area contributed by atoms with Gasteiger partial charge < -0.3 is 4.79 Å². The highest BCUT2D eigenvalue weighted by atomic mass is 16.1. The Balaban J connectivity index is 2.93. The summed E-state index contributed by atoms with van der Waals surface area (Å²) < 4.78 is 0. The van der Waals surface area contributed by atoms with Crippen LogP contribution in [0.1, 0.15) is 59.8 Å². The minimum atomic E-state index is -0.251. The van der Waals surface area contributed by atoms with E-state index in [0.717, 1.165) is 44.7 Å². The quantitative estimate of drug-likeness (QED) is 0.508. The molecule has 0 amide bonds. The number of hydrogen-bond acceptors (Lipinski definition) is 2. The average molecular weight is 302 g/mol. The lowest BCUT2D eigenvalue weighted by Crippen LogP contribution is -2.25. The van der Waals surface area contributed by atoms with E-state index in [1.807, 2.05) is 6.08 Å². The maximum Gasteiger partial charge on any atom is 0.146 e. The molecule has 3 atom stereocenters. The molecule has 0 aromatic carbocycles. The summed E-state index contributed by atoms with van der Waals surface area (Å²) in [6.07, 6.45) is 13.1. The molecule has 0 N–H and O–H groups in total. The summed E-state index contributed by atoms with van der Waals surface area (Å²) in [4.78, 5) is 23.1. The first kappa shape index (κ1) is 18.6. The molecule has 0 bridgehead atoms. The molecular formula is C20H30O2. The molecule has 0 heterocycles. The molecule has 122 valence electrons. The Morgan fingerprint density at radius 1 is 1.32 bits per heavy atom.